The van der Waals surface area contributed by atoms with Crippen molar-refractivity contribution in [1.29, 1.82) is 0 Å². The number of carboxylic acid groups (broad SMARTS) is 1. The van der Waals surface area contributed by atoms with Gasteiger partial charge in [-0.2, -0.15) is 0 Å². The second-order valence-corrected chi connectivity index (χ2v) is 13.5. The lowest BCUT2D eigenvalue weighted by atomic mass is 9.43. The maximum absolute atomic E-state index is 11.6. The highest BCUT2D eigenvalue weighted by atomic mass is 16.7. The van der Waals surface area contributed by atoms with Crippen LogP contribution in [-0.2, 0) is 14.3 Å². The summed E-state index contributed by atoms with van der Waals surface area (Å²) in [7, 11) is 0. The Labute approximate surface area is 206 Å². The van der Waals surface area contributed by atoms with Crippen LogP contribution in [0.2, 0.25) is 0 Å². The van der Waals surface area contributed by atoms with E-state index in [4.69, 9.17) is 9.47 Å². The molecule has 5 rings (SSSR count). The van der Waals surface area contributed by atoms with Crippen LogP contribution in [-0.4, -0.2) is 41.3 Å². The summed E-state index contributed by atoms with van der Waals surface area (Å²) in [5, 5.41) is 20.8. The molecule has 1 heterocycles. The van der Waals surface area contributed by atoms with Gasteiger partial charge in [-0.05, 0) is 91.3 Å². The summed E-state index contributed by atoms with van der Waals surface area (Å²) < 4.78 is 12.2. The Balaban J connectivity index is 1.28. The molecule has 194 valence electrons. The first-order valence-electron chi connectivity index (χ1n) is 14.3. The van der Waals surface area contributed by atoms with E-state index < -0.39 is 5.97 Å². The van der Waals surface area contributed by atoms with Gasteiger partial charge < -0.3 is 19.7 Å². The predicted molar refractivity (Wildman–Crippen MR) is 131 cm³/mol. The summed E-state index contributed by atoms with van der Waals surface area (Å²) in [5.41, 5.74) is 0.610. The Bertz CT molecular complexity index is 762. The fourth-order valence-electron chi connectivity index (χ4n) is 9.97. The molecule has 5 fully saturated rings. The van der Waals surface area contributed by atoms with Crippen LogP contribution in [0.4, 0.5) is 0 Å². The number of aliphatic hydroxyl groups excluding tert-OH is 1. The Hall–Kier alpha value is -0.650. The third-order valence-electron chi connectivity index (χ3n) is 12.0. The lowest BCUT2D eigenvalue weighted by molar-refractivity contribution is -0.243. The van der Waals surface area contributed by atoms with Gasteiger partial charge in [0.25, 0.3) is 0 Å². The largest absolute Gasteiger partial charge is 0.481 e. The van der Waals surface area contributed by atoms with Gasteiger partial charge in [0, 0.05) is 12.8 Å². The van der Waals surface area contributed by atoms with Crippen LogP contribution in [0.5, 0.6) is 0 Å². The molecule has 10 atom stereocenters. The minimum atomic E-state index is -0.670. The minimum Gasteiger partial charge on any atom is -0.481 e. The van der Waals surface area contributed by atoms with Gasteiger partial charge in [0.05, 0.1) is 25.2 Å². The summed E-state index contributed by atoms with van der Waals surface area (Å²) in [5.74, 6) is 2.21. The molecule has 0 radical (unpaired) electrons. The third-order valence-corrected chi connectivity index (χ3v) is 12.0. The molecule has 5 nitrogen and oxygen atoms in total. The van der Waals surface area contributed by atoms with E-state index in [0.29, 0.717) is 59.6 Å². The van der Waals surface area contributed by atoms with Crippen LogP contribution in [0.25, 0.3) is 0 Å². The van der Waals surface area contributed by atoms with Crippen LogP contribution in [0.1, 0.15) is 98.3 Å². The Morgan fingerprint density at radius 1 is 0.971 bits per heavy atom. The van der Waals surface area contributed by atoms with Crippen molar-refractivity contribution in [1.82, 2.24) is 0 Å². The van der Waals surface area contributed by atoms with E-state index in [-0.39, 0.29) is 17.8 Å². The zero-order valence-electron chi connectivity index (χ0n) is 21.9. The average Bonchev–Trinajstić information content (AvgIpc) is 3.39. The standard InChI is InChI=1S/C29H48O5/c1-18(6-5-7-19(2)26(31)32)21-8-9-22-25-23(10-11-28(21,22)4)27(3)12-13-29(33-14-15-34-29)17-20(27)16-24(25)30/h18-25,30H,5-17H2,1-4H3,(H,31,32)/t18-,19-,20+,21-,22?,23?,24-,25?,27+,28-/m1/s1. The second-order valence-electron chi connectivity index (χ2n) is 13.5. The van der Waals surface area contributed by atoms with E-state index in [1.807, 2.05) is 6.92 Å². The number of hydrogen-bond acceptors (Lipinski definition) is 4. The third kappa shape index (κ3) is 3.96. The molecule has 5 heteroatoms. The van der Waals surface area contributed by atoms with Gasteiger partial charge in [0.2, 0.25) is 0 Å². The molecule has 4 saturated carbocycles. The SMILES string of the molecule is C[C@H](CCC[C@@H](C)[C@H]1CCC2C3C(CC[C@@]21C)[C@@]1(C)CCC2(C[C@@H]1C[C@H]3O)OCCO2)C(=O)O. The van der Waals surface area contributed by atoms with Gasteiger partial charge in [-0.3, -0.25) is 4.79 Å². The molecule has 4 aliphatic carbocycles. The minimum absolute atomic E-state index is 0.199. The quantitative estimate of drug-likeness (QED) is 0.500. The van der Waals surface area contributed by atoms with Crippen molar-refractivity contribution in [2.75, 3.05) is 13.2 Å². The van der Waals surface area contributed by atoms with Crippen molar-refractivity contribution >= 4 is 5.97 Å². The number of carbonyl (C=O) groups is 1. The highest BCUT2D eigenvalue weighted by Gasteiger charge is 2.64. The van der Waals surface area contributed by atoms with Crippen LogP contribution >= 0.6 is 0 Å². The Kier molecular flexibility index (Phi) is 6.64. The number of aliphatic hydroxyl groups is 1. The van der Waals surface area contributed by atoms with Gasteiger partial charge in [-0.15, -0.1) is 0 Å². The fraction of sp³-hybridized carbons (Fsp3) is 0.966. The second kappa shape index (κ2) is 9.03. The van der Waals surface area contributed by atoms with Crippen molar-refractivity contribution in [3.8, 4) is 0 Å². The zero-order chi connectivity index (χ0) is 24.3. The van der Waals surface area contributed by atoms with Crippen LogP contribution in [0.3, 0.4) is 0 Å². The van der Waals surface area contributed by atoms with Gasteiger partial charge in [-0.25, -0.2) is 0 Å². The summed E-state index contributed by atoms with van der Waals surface area (Å²) in [6.45, 7) is 10.7. The van der Waals surface area contributed by atoms with E-state index in [0.717, 1.165) is 44.9 Å². The molecular formula is C29H48O5. The maximum atomic E-state index is 11.6. The Morgan fingerprint density at radius 3 is 2.38 bits per heavy atom. The molecular weight excluding hydrogens is 428 g/mol. The molecule has 1 aliphatic heterocycles. The molecule has 0 amide bonds. The van der Waals surface area contributed by atoms with Crippen molar-refractivity contribution in [2.45, 2.75) is 110 Å². The summed E-state index contributed by atoms with van der Waals surface area (Å²) >= 11 is 0. The zero-order valence-corrected chi connectivity index (χ0v) is 21.9. The molecule has 2 N–H and O–H groups in total. The van der Waals surface area contributed by atoms with E-state index in [2.05, 4.69) is 20.8 Å². The van der Waals surface area contributed by atoms with Gasteiger partial charge in [-0.1, -0.05) is 40.5 Å². The molecule has 0 aromatic heterocycles. The van der Waals surface area contributed by atoms with Gasteiger partial charge >= 0.3 is 5.97 Å². The number of carboxylic acids is 1. The molecule has 1 spiro atoms. The Morgan fingerprint density at radius 2 is 1.68 bits per heavy atom. The van der Waals surface area contributed by atoms with E-state index in [1.54, 1.807) is 0 Å². The molecule has 5 aliphatic rings. The number of hydrogen-bond donors (Lipinski definition) is 2. The van der Waals surface area contributed by atoms with Crippen molar-refractivity contribution < 1.29 is 24.5 Å². The average molecular weight is 477 g/mol. The number of aliphatic carboxylic acids is 1. The van der Waals surface area contributed by atoms with Crippen molar-refractivity contribution in [3.63, 3.8) is 0 Å². The summed E-state index contributed by atoms with van der Waals surface area (Å²) in [6, 6.07) is 0. The van der Waals surface area contributed by atoms with Gasteiger partial charge in [0.1, 0.15) is 0 Å². The maximum Gasteiger partial charge on any atom is 0.306 e. The normalized spacial score (nSPS) is 47.0. The first-order chi connectivity index (χ1) is 16.1. The molecule has 34 heavy (non-hydrogen) atoms. The molecule has 0 aromatic carbocycles. The number of fused-ring (bicyclic) bond motifs is 5. The lowest BCUT2D eigenvalue weighted by Gasteiger charge is -2.63. The topological polar surface area (TPSA) is 76.0 Å². The van der Waals surface area contributed by atoms with E-state index in [1.165, 1.54) is 25.7 Å². The number of ether oxygens (including phenoxy) is 2. The number of rotatable bonds is 6. The van der Waals surface area contributed by atoms with Crippen molar-refractivity contribution in [2.24, 2.45) is 52.3 Å². The van der Waals surface area contributed by atoms with E-state index >= 15 is 0 Å². The molecule has 0 bridgehead atoms. The summed E-state index contributed by atoms with van der Waals surface area (Å²) in [6.07, 6.45) is 11.8. The highest BCUT2D eigenvalue weighted by Crippen LogP contribution is 2.69. The first-order valence-corrected chi connectivity index (χ1v) is 14.3. The lowest BCUT2D eigenvalue weighted by Crippen LogP contribution is -2.60. The predicted octanol–water partition coefficient (Wildman–Crippen LogP) is 5.89. The van der Waals surface area contributed by atoms with Crippen LogP contribution in [0, 0.1) is 52.3 Å². The van der Waals surface area contributed by atoms with Crippen molar-refractivity contribution in [3.05, 3.63) is 0 Å². The molecule has 0 aromatic rings. The van der Waals surface area contributed by atoms with Crippen LogP contribution < -0.4 is 0 Å². The van der Waals surface area contributed by atoms with E-state index in [9.17, 15) is 15.0 Å². The van der Waals surface area contributed by atoms with Crippen LogP contribution in [0.15, 0.2) is 0 Å². The molecule has 3 unspecified atom stereocenters. The monoisotopic (exact) mass is 476 g/mol. The fourth-order valence-corrected chi connectivity index (χ4v) is 9.97. The smallest absolute Gasteiger partial charge is 0.306 e. The first kappa shape index (κ1) is 25.0. The highest BCUT2D eigenvalue weighted by molar-refractivity contribution is 5.69. The summed E-state index contributed by atoms with van der Waals surface area (Å²) in [4.78, 5) is 11.2. The van der Waals surface area contributed by atoms with Gasteiger partial charge in [0.15, 0.2) is 5.79 Å². The molecule has 1 saturated heterocycles.